The molecule has 2 N–H and O–H groups in total. The highest BCUT2D eigenvalue weighted by atomic mass is 16.3. The summed E-state index contributed by atoms with van der Waals surface area (Å²) in [6.45, 7) is 1.88. The zero-order valence-corrected chi connectivity index (χ0v) is 8.64. The van der Waals surface area contributed by atoms with Crippen LogP contribution >= 0.6 is 0 Å². The maximum absolute atomic E-state index is 11.9. The molecule has 1 amide bonds. The average Bonchev–Trinajstić information content (AvgIpc) is 2.63. The molecule has 0 aromatic carbocycles. The fraction of sp³-hybridized carbons (Fsp3) is 0.500. The SMILES string of the molecule is Cc1occc1C(=O)N(CCO)CCO. The van der Waals surface area contributed by atoms with Crippen molar-refractivity contribution < 1.29 is 19.4 Å². The van der Waals surface area contributed by atoms with E-state index < -0.39 is 0 Å². The molecule has 0 aliphatic heterocycles. The molecule has 0 saturated heterocycles. The van der Waals surface area contributed by atoms with E-state index in [1.165, 1.54) is 11.2 Å². The third-order valence-corrected chi connectivity index (χ3v) is 2.12. The van der Waals surface area contributed by atoms with Crippen LogP contribution in [0.4, 0.5) is 0 Å². The van der Waals surface area contributed by atoms with Crippen molar-refractivity contribution in [2.45, 2.75) is 6.92 Å². The third-order valence-electron chi connectivity index (χ3n) is 2.12. The fourth-order valence-corrected chi connectivity index (χ4v) is 1.33. The number of amides is 1. The van der Waals surface area contributed by atoms with Crippen molar-refractivity contribution in [2.75, 3.05) is 26.3 Å². The highest BCUT2D eigenvalue weighted by molar-refractivity contribution is 5.95. The molecule has 0 bridgehead atoms. The summed E-state index contributed by atoms with van der Waals surface area (Å²) >= 11 is 0. The standard InChI is InChI=1S/C10H15NO4/c1-8-9(2-7-15-8)10(14)11(3-5-12)4-6-13/h2,7,12-13H,3-6H2,1H3. The van der Waals surface area contributed by atoms with Crippen LogP contribution in [-0.4, -0.2) is 47.3 Å². The monoisotopic (exact) mass is 213 g/mol. The molecule has 0 fully saturated rings. The molecule has 5 nitrogen and oxygen atoms in total. The van der Waals surface area contributed by atoms with Crippen LogP contribution in [0.1, 0.15) is 16.1 Å². The van der Waals surface area contributed by atoms with E-state index in [9.17, 15) is 4.79 Å². The third kappa shape index (κ3) is 2.81. The van der Waals surface area contributed by atoms with Gasteiger partial charge in [0.25, 0.3) is 5.91 Å². The Balaban J connectivity index is 2.76. The van der Waals surface area contributed by atoms with Gasteiger partial charge in [-0.2, -0.15) is 0 Å². The Bertz CT molecular complexity index is 315. The lowest BCUT2D eigenvalue weighted by atomic mass is 10.2. The summed E-state index contributed by atoms with van der Waals surface area (Å²) in [7, 11) is 0. The quantitative estimate of drug-likeness (QED) is 0.722. The van der Waals surface area contributed by atoms with Crippen LogP contribution in [0.2, 0.25) is 0 Å². The lowest BCUT2D eigenvalue weighted by molar-refractivity contribution is 0.0683. The number of aliphatic hydroxyl groups excluding tert-OH is 2. The van der Waals surface area contributed by atoms with Gasteiger partial charge in [-0.05, 0) is 13.0 Å². The van der Waals surface area contributed by atoms with E-state index in [1.54, 1.807) is 13.0 Å². The Morgan fingerprint density at radius 1 is 1.40 bits per heavy atom. The summed E-state index contributed by atoms with van der Waals surface area (Å²) in [5.74, 6) is 0.310. The number of aliphatic hydroxyl groups is 2. The molecule has 0 radical (unpaired) electrons. The minimum absolute atomic E-state index is 0.122. The van der Waals surface area contributed by atoms with Crippen LogP contribution in [-0.2, 0) is 0 Å². The van der Waals surface area contributed by atoms with Gasteiger partial charge in [0.2, 0.25) is 0 Å². The molecule has 1 heterocycles. The van der Waals surface area contributed by atoms with E-state index >= 15 is 0 Å². The van der Waals surface area contributed by atoms with Crippen molar-refractivity contribution in [2.24, 2.45) is 0 Å². The number of rotatable bonds is 5. The second kappa shape index (κ2) is 5.53. The average molecular weight is 213 g/mol. The van der Waals surface area contributed by atoms with Gasteiger partial charge in [0.05, 0.1) is 25.0 Å². The molecule has 5 heteroatoms. The molecule has 1 aromatic rings. The molecule has 0 aliphatic rings. The van der Waals surface area contributed by atoms with Gasteiger partial charge >= 0.3 is 0 Å². The molecule has 1 aromatic heterocycles. The molecule has 15 heavy (non-hydrogen) atoms. The molecular formula is C10H15NO4. The second-order valence-corrected chi connectivity index (χ2v) is 3.13. The van der Waals surface area contributed by atoms with E-state index in [1.807, 2.05) is 0 Å². The van der Waals surface area contributed by atoms with Gasteiger partial charge in [-0.1, -0.05) is 0 Å². The predicted molar refractivity (Wildman–Crippen MR) is 53.5 cm³/mol. The Morgan fingerprint density at radius 2 is 2.00 bits per heavy atom. The number of nitrogens with zero attached hydrogens (tertiary/aromatic N) is 1. The minimum Gasteiger partial charge on any atom is -0.469 e. The fourth-order valence-electron chi connectivity index (χ4n) is 1.33. The molecular weight excluding hydrogens is 198 g/mol. The lowest BCUT2D eigenvalue weighted by Gasteiger charge is -2.20. The first-order valence-electron chi connectivity index (χ1n) is 4.75. The van der Waals surface area contributed by atoms with Crippen LogP contribution < -0.4 is 0 Å². The zero-order chi connectivity index (χ0) is 11.3. The van der Waals surface area contributed by atoms with Gasteiger partial charge in [0.1, 0.15) is 5.76 Å². The Labute approximate surface area is 87.9 Å². The summed E-state index contributed by atoms with van der Waals surface area (Å²) in [6, 6.07) is 1.58. The Morgan fingerprint density at radius 3 is 2.40 bits per heavy atom. The molecule has 0 atom stereocenters. The van der Waals surface area contributed by atoms with Gasteiger partial charge in [0, 0.05) is 13.1 Å². The summed E-state index contributed by atoms with van der Waals surface area (Å²) in [4.78, 5) is 13.2. The maximum Gasteiger partial charge on any atom is 0.257 e. The molecule has 0 aliphatic carbocycles. The molecule has 0 unspecified atom stereocenters. The van der Waals surface area contributed by atoms with E-state index in [0.717, 1.165) is 0 Å². The number of hydrogen-bond acceptors (Lipinski definition) is 4. The molecule has 0 spiro atoms. The van der Waals surface area contributed by atoms with Crippen LogP contribution in [0, 0.1) is 6.92 Å². The minimum atomic E-state index is -0.232. The van der Waals surface area contributed by atoms with Crippen LogP contribution in [0.3, 0.4) is 0 Å². The Kier molecular flexibility index (Phi) is 4.33. The first-order chi connectivity index (χ1) is 7.20. The summed E-state index contributed by atoms with van der Waals surface area (Å²) in [5, 5.41) is 17.6. The number of furan rings is 1. The highest BCUT2D eigenvalue weighted by Gasteiger charge is 2.18. The van der Waals surface area contributed by atoms with E-state index in [0.29, 0.717) is 11.3 Å². The van der Waals surface area contributed by atoms with Crippen molar-refractivity contribution in [3.63, 3.8) is 0 Å². The molecule has 1 rings (SSSR count). The van der Waals surface area contributed by atoms with Crippen LogP contribution in [0.25, 0.3) is 0 Å². The number of carbonyl (C=O) groups excluding carboxylic acids is 1. The second-order valence-electron chi connectivity index (χ2n) is 3.13. The maximum atomic E-state index is 11.9. The normalized spacial score (nSPS) is 10.3. The van der Waals surface area contributed by atoms with Crippen molar-refractivity contribution in [3.8, 4) is 0 Å². The van der Waals surface area contributed by atoms with E-state index in [-0.39, 0.29) is 32.2 Å². The zero-order valence-electron chi connectivity index (χ0n) is 8.64. The van der Waals surface area contributed by atoms with Crippen LogP contribution in [0.5, 0.6) is 0 Å². The lowest BCUT2D eigenvalue weighted by Crippen LogP contribution is -2.35. The number of carbonyl (C=O) groups is 1. The smallest absolute Gasteiger partial charge is 0.257 e. The van der Waals surface area contributed by atoms with E-state index in [4.69, 9.17) is 14.6 Å². The van der Waals surface area contributed by atoms with Crippen molar-refractivity contribution in [1.82, 2.24) is 4.90 Å². The van der Waals surface area contributed by atoms with Gasteiger partial charge in [-0.25, -0.2) is 0 Å². The first-order valence-corrected chi connectivity index (χ1v) is 4.75. The summed E-state index contributed by atoms with van der Waals surface area (Å²) in [6.07, 6.45) is 1.44. The summed E-state index contributed by atoms with van der Waals surface area (Å²) in [5.41, 5.74) is 0.469. The van der Waals surface area contributed by atoms with Crippen LogP contribution in [0.15, 0.2) is 16.7 Å². The van der Waals surface area contributed by atoms with Crippen molar-refractivity contribution in [1.29, 1.82) is 0 Å². The number of aryl methyl sites for hydroxylation is 1. The molecule has 0 saturated carbocycles. The van der Waals surface area contributed by atoms with Gasteiger partial charge in [-0.15, -0.1) is 0 Å². The van der Waals surface area contributed by atoms with Gasteiger partial charge < -0.3 is 19.5 Å². The van der Waals surface area contributed by atoms with Gasteiger partial charge in [0.15, 0.2) is 0 Å². The Hall–Kier alpha value is -1.33. The first kappa shape index (κ1) is 11.7. The molecule has 84 valence electrons. The highest BCUT2D eigenvalue weighted by Crippen LogP contribution is 2.11. The summed E-state index contributed by atoms with van der Waals surface area (Å²) < 4.78 is 5.02. The predicted octanol–water partition coefficient (Wildman–Crippen LogP) is 0.0148. The van der Waals surface area contributed by atoms with E-state index in [2.05, 4.69) is 0 Å². The van der Waals surface area contributed by atoms with Crippen molar-refractivity contribution >= 4 is 5.91 Å². The van der Waals surface area contributed by atoms with Gasteiger partial charge in [-0.3, -0.25) is 4.79 Å². The largest absolute Gasteiger partial charge is 0.469 e. The van der Waals surface area contributed by atoms with Crippen molar-refractivity contribution in [3.05, 3.63) is 23.7 Å². The number of hydrogen-bond donors (Lipinski definition) is 2. The topological polar surface area (TPSA) is 73.9 Å².